The fourth-order valence-electron chi connectivity index (χ4n) is 3.55. The van der Waals surface area contributed by atoms with E-state index in [0.717, 1.165) is 10.9 Å². The summed E-state index contributed by atoms with van der Waals surface area (Å²) in [6.45, 7) is 0. The van der Waals surface area contributed by atoms with Crippen LogP contribution in [0.1, 0.15) is 15.9 Å². The molecule has 0 bridgehead atoms. The number of methoxy groups -OCH3 is 1. The van der Waals surface area contributed by atoms with Gasteiger partial charge >= 0.3 is 0 Å². The van der Waals surface area contributed by atoms with Gasteiger partial charge in [-0.25, -0.2) is 8.42 Å². The third kappa shape index (κ3) is 5.07. The summed E-state index contributed by atoms with van der Waals surface area (Å²) in [6.07, 6.45) is 4.55. The van der Waals surface area contributed by atoms with Crippen LogP contribution in [-0.2, 0) is 15.6 Å². The van der Waals surface area contributed by atoms with Gasteiger partial charge in [-0.3, -0.25) is 9.78 Å². The number of rotatable bonds is 8. The molecule has 33 heavy (non-hydrogen) atoms. The van der Waals surface area contributed by atoms with E-state index in [1.165, 1.54) is 13.4 Å². The van der Waals surface area contributed by atoms with Gasteiger partial charge in [0, 0.05) is 11.6 Å². The van der Waals surface area contributed by atoms with E-state index in [9.17, 15) is 13.2 Å². The number of sulfone groups is 1. The number of hydrogen-bond donors (Lipinski definition) is 4. The number of carbonyl (C=O) groups is 1. The molecule has 0 radical (unpaired) electrons. The number of benzene rings is 2. The van der Waals surface area contributed by atoms with Crippen LogP contribution in [0.2, 0.25) is 0 Å². The molecule has 170 valence electrons. The second-order valence-electron chi connectivity index (χ2n) is 7.60. The molecule has 2 aromatic heterocycles. The Kier molecular flexibility index (Phi) is 5.93. The van der Waals surface area contributed by atoms with Crippen LogP contribution < -0.4 is 21.1 Å². The second kappa shape index (κ2) is 8.83. The molecule has 5 N–H and O–H groups in total. The number of nitrogens with two attached hydrogens (primary N) is 1. The smallest absolute Gasteiger partial charge is 0.250 e. The summed E-state index contributed by atoms with van der Waals surface area (Å²) in [6, 6.07) is 14.1. The minimum absolute atomic E-state index is 0.0660. The number of aromatic amines is 1. The highest BCUT2D eigenvalue weighted by molar-refractivity contribution is 7.89. The molecular formula is C23H23N5O4S. The SMILES string of the molecule is COc1cc(CS(C)(=O)=O)ccc1Nc1cc2c(Nc3ccccc3C(N)=O)cncc2[nH]1. The minimum atomic E-state index is -3.16. The fraction of sp³-hybridized carbons (Fsp3) is 0.130. The Morgan fingerprint density at radius 1 is 1.06 bits per heavy atom. The predicted molar refractivity (Wildman–Crippen MR) is 129 cm³/mol. The zero-order valence-electron chi connectivity index (χ0n) is 18.0. The van der Waals surface area contributed by atoms with Gasteiger partial charge in [0.1, 0.15) is 11.6 Å². The molecule has 0 unspecified atom stereocenters. The average molecular weight is 466 g/mol. The zero-order valence-corrected chi connectivity index (χ0v) is 18.9. The molecule has 10 heteroatoms. The standard InChI is InChI=1S/C23H23N5O4S/c1-32-21-9-14(13-33(2,30)31)7-8-18(21)27-22-10-16-19(11-25-12-20(16)28-22)26-17-6-4-3-5-15(17)23(24)29/h3-12,26-28H,13H2,1-2H3,(H2,24,29). The number of nitrogens with one attached hydrogen (secondary N) is 3. The first kappa shape index (κ1) is 22.2. The number of fused-ring (bicyclic) bond motifs is 1. The van der Waals surface area contributed by atoms with Crippen LogP contribution in [0.4, 0.5) is 22.9 Å². The maximum atomic E-state index is 11.7. The molecular weight excluding hydrogens is 442 g/mol. The number of para-hydroxylation sites is 1. The van der Waals surface area contributed by atoms with Crippen LogP contribution in [0.25, 0.3) is 10.9 Å². The molecule has 0 aliphatic rings. The molecule has 4 aromatic rings. The molecule has 0 saturated carbocycles. The number of amides is 1. The highest BCUT2D eigenvalue weighted by Gasteiger charge is 2.13. The van der Waals surface area contributed by atoms with E-state index in [4.69, 9.17) is 10.5 Å². The van der Waals surface area contributed by atoms with E-state index < -0.39 is 15.7 Å². The summed E-state index contributed by atoms with van der Waals surface area (Å²) in [5, 5.41) is 7.34. The number of hydrogen-bond acceptors (Lipinski definition) is 7. The van der Waals surface area contributed by atoms with Crippen molar-refractivity contribution in [1.82, 2.24) is 9.97 Å². The lowest BCUT2D eigenvalue weighted by Crippen LogP contribution is -2.13. The number of ether oxygens (including phenoxy) is 1. The lowest BCUT2D eigenvalue weighted by atomic mass is 10.1. The van der Waals surface area contributed by atoms with Crippen LogP contribution in [0.15, 0.2) is 60.9 Å². The topological polar surface area (TPSA) is 139 Å². The third-order valence-corrected chi connectivity index (χ3v) is 5.83. The van der Waals surface area contributed by atoms with E-state index in [1.807, 2.05) is 12.1 Å². The van der Waals surface area contributed by atoms with Gasteiger partial charge < -0.3 is 26.1 Å². The van der Waals surface area contributed by atoms with Gasteiger partial charge in [0.25, 0.3) is 5.91 Å². The van der Waals surface area contributed by atoms with Crippen LogP contribution >= 0.6 is 0 Å². The van der Waals surface area contributed by atoms with Crippen LogP contribution in [0.5, 0.6) is 5.75 Å². The van der Waals surface area contributed by atoms with Gasteiger partial charge in [0.05, 0.1) is 53.4 Å². The van der Waals surface area contributed by atoms with Crippen LogP contribution in [0, 0.1) is 0 Å². The first-order valence-corrected chi connectivity index (χ1v) is 12.0. The maximum absolute atomic E-state index is 11.7. The third-order valence-electron chi connectivity index (χ3n) is 4.97. The molecule has 4 rings (SSSR count). The predicted octanol–water partition coefficient (Wildman–Crippen LogP) is 3.70. The van der Waals surface area contributed by atoms with Gasteiger partial charge in [0.15, 0.2) is 9.84 Å². The summed E-state index contributed by atoms with van der Waals surface area (Å²) in [5.41, 5.74) is 9.22. The van der Waals surface area contributed by atoms with Gasteiger partial charge in [-0.2, -0.15) is 0 Å². The summed E-state index contributed by atoms with van der Waals surface area (Å²) < 4.78 is 28.6. The van der Waals surface area contributed by atoms with E-state index in [1.54, 1.807) is 48.8 Å². The molecule has 0 spiro atoms. The summed E-state index contributed by atoms with van der Waals surface area (Å²) in [5.74, 6) is 0.602. The van der Waals surface area contributed by atoms with Crippen molar-refractivity contribution in [3.63, 3.8) is 0 Å². The number of pyridine rings is 1. The summed E-state index contributed by atoms with van der Waals surface area (Å²) in [7, 11) is -1.63. The van der Waals surface area contributed by atoms with Crippen molar-refractivity contribution >= 4 is 49.5 Å². The minimum Gasteiger partial charge on any atom is -0.495 e. The first-order valence-electron chi connectivity index (χ1n) is 9.98. The molecule has 2 heterocycles. The Labute approximate surface area is 190 Å². The molecule has 0 atom stereocenters. The monoisotopic (exact) mass is 465 g/mol. The van der Waals surface area contributed by atoms with Crippen LogP contribution in [-0.4, -0.2) is 37.7 Å². The number of anilines is 4. The van der Waals surface area contributed by atoms with Crippen molar-refractivity contribution in [1.29, 1.82) is 0 Å². The Morgan fingerprint density at radius 3 is 2.58 bits per heavy atom. The van der Waals surface area contributed by atoms with E-state index >= 15 is 0 Å². The fourth-order valence-corrected chi connectivity index (χ4v) is 4.33. The quantitative estimate of drug-likeness (QED) is 0.311. The summed E-state index contributed by atoms with van der Waals surface area (Å²) in [4.78, 5) is 19.3. The van der Waals surface area contributed by atoms with E-state index in [-0.39, 0.29) is 5.75 Å². The normalized spacial score (nSPS) is 11.3. The van der Waals surface area contributed by atoms with Gasteiger partial charge in [0.2, 0.25) is 0 Å². The number of primary amides is 1. The molecule has 0 fully saturated rings. The van der Waals surface area contributed by atoms with Crippen molar-refractivity contribution in [3.05, 3.63) is 72.1 Å². The average Bonchev–Trinajstić information content (AvgIpc) is 3.17. The summed E-state index contributed by atoms with van der Waals surface area (Å²) >= 11 is 0. The Hall–Kier alpha value is -4.05. The molecule has 0 aliphatic heterocycles. The number of H-pyrrole nitrogens is 1. The van der Waals surface area contributed by atoms with Gasteiger partial charge in [-0.15, -0.1) is 0 Å². The van der Waals surface area contributed by atoms with Crippen molar-refractivity contribution in [2.24, 2.45) is 5.73 Å². The molecule has 0 aliphatic carbocycles. The van der Waals surface area contributed by atoms with Gasteiger partial charge in [-0.05, 0) is 35.9 Å². The molecule has 0 saturated heterocycles. The molecule has 2 aromatic carbocycles. The Morgan fingerprint density at radius 2 is 1.85 bits per heavy atom. The molecule has 1 amide bonds. The van der Waals surface area contributed by atoms with Crippen molar-refractivity contribution < 1.29 is 17.9 Å². The largest absolute Gasteiger partial charge is 0.495 e. The van der Waals surface area contributed by atoms with Crippen molar-refractivity contribution in [2.45, 2.75) is 5.75 Å². The number of nitrogens with zero attached hydrogens (tertiary/aromatic N) is 1. The highest BCUT2D eigenvalue weighted by Crippen LogP contribution is 2.33. The number of aromatic nitrogens is 2. The molecule has 9 nitrogen and oxygen atoms in total. The Bertz CT molecular complexity index is 1450. The lowest BCUT2D eigenvalue weighted by molar-refractivity contribution is 0.100. The first-order chi connectivity index (χ1) is 15.7. The van der Waals surface area contributed by atoms with Gasteiger partial charge in [-0.1, -0.05) is 18.2 Å². The highest BCUT2D eigenvalue weighted by atomic mass is 32.2. The number of carbonyl (C=O) groups excluding carboxylic acids is 1. The maximum Gasteiger partial charge on any atom is 0.250 e. The van der Waals surface area contributed by atoms with Crippen molar-refractivity contribution in [3.8, 4) is 5.75 Å². The van der Waals surface area contributed by atoms with Crippen molar-refractivity contribution in [2.75, 3.05) is 24.0 Å². The zero-order chi connectivity index (χ0) is 23.6. The second-order valence-corrected chi connectivity index (χ2v) is 9.74. The van der Waals surface area contributed by atoms with E-state index in [2.05, 4.69) is 20.6 Å². The van der Waals surface area contributed by atoms with E-state index in [0.29, 0.717) is 39.8 Å². The van der Waals surface area contributed by atoms with Crippen LogP contribution in [0.3, 0.4) is 0 Å². The lowest BCUT2D eigenvalue weighted by Gasteiger charge is -2.11. The Balaban J connectivity index is 1.64.